The summed E-state index contributed by atoms with van der Waals surface area (Å²) in [5, 5.41) is 10.4. The molecule has 1 heterocycles. The monoisotopic (exact) mass is 392 g/mol. The lowest BCUT2D eigenvalue weighted by Crippen LogP contribution is -2.41. The summed E-state index contributed by atoms with van der Waals surface area (Å²) in [5.74, 6) is 0. The minimum Gasteiger partial charge on any atom is -0.399 e. The number of hydrogen-bond donors (Lipinski definition) is 1. The summed E-state index contributed by atoms with van der Waals surface area (Å²) in [6.45, 7) is 7.89. The van der Waals surface area contributed by atoms with Crippen LogP contribution in [0.5, 0.6) is 0 Å². The topological polar surface area (TPSA) is 38.7 Å². The summed E-state index contributed by atoms with van der Waals surface area (Å²) in [6.07, 6.45) is -5.21. The second kappa shape index (κ2) is 7.21. The highest BCUT2D eigenvalue weighted by molar-refractivity contribution is 6.62. The molecule has 7 heteroatoms. The van der Waals surface area contributed by atoms with Gasteiger partial charge in [-0.15, -0.1) is 0 Å². The summed E-state index contributed by atoms with van der Waals surface area (Å²) in [4.78, 5) is 0. The minimum absolute atomic E-state index is 0.0970. The lowest BCUT2D eigenvalue weighted by molar-refractivity contribution is -0.137. The molecule has 1 saturated heterocycles. The molecule has 2 aromatic carbocycles. The van der Waals surface area contributed by atoms with E-state index in [-0.39, 0.29) is 6.42 Å². The van der Waals surface area contributed by atoms with Crippen LogP contribution < -0.4 is 5.46 Å². The standard InChI is InChI=1S/C21H24BF3O3/c1-19(2)20(3,4)28-22(27-19)17-10-8-15(9-11-17)18(26)13-14-6-5-7-16(12-14)21(23,24)25/h5-12,18,26H,13H2,1-4H3/t18-/m0/s1. The highest BCUT2D eigenvalue weighted by Gasteiger charge is 2.51. The number of alkyl halides is 3. The third-order valence-corrected chi connectivity index (χ3v) is 5.53. The van der Waals surface area contributed by atoms with Crippen molar-refractivity contribution < 1.29 is 27.6 Å². The molecule has 3 nitrogen and oxygen atoms in total. The molecule has 1 atom stereocenters. The van der Waals surface area contributed by atoms with Gasteiger partial charge in [0, 0.05) is 6.42 Å². The van der Waals surface area contributed by atoms with Gasteiger partial charge in [-0.1, -0.05) is 42.5 Å². The molecule has 0 unspecified atom stereocenters. The maximum Gasteiger partial charge on any atom is 0.494 e. The average molecular weight is 392 g/mol. The highest BCUT2D eigenvalue weighted by Crippen LogP contribution is 2.36. The van der Waals surface area contributed by atoms with Gasteiger partial charge in [0.15, 0.2) is 0 Å². The van der Waals surface area contributed by atoms with E-state index in [0.717, 1.165) is 17.6 Å². The first-order valence-electron chi connectivity index (χ1n) is 9.19. The van der Waals surface area contributed by atoms with E-state index in [0.29, 0.717) is 11.1 Å². The smallest absolute Gasteiger partial charge is 0.399 e. The van der Waals surface area contributed by atoms with Crippen LogP contribution in [0.3, 0.4) is 0 Å². The van der Waals surface area contributed by atoms with Crippen molar-refractivity contribution in [1.29, 1.82) is 0 Å². The SMILES string of the molecule is CC1(C)OB(c2ccc([C@@H](O)Cc3cccc(C(F)(F)F)c3)cc2)OC1(C)C. The fourth-order valence-electron chi connectivity index (χ4n) is 3.07. The van der Waals surface area contributed by atoms with E-state index in [1.165, 1.54) is 6.07 Å². The fourth-order valence-corrected chi connectivity index (χ4v) is 3.07. The van der Waals surface area contributed by atoms with Gasteiger partial charge in [-0.2, -0.15) is 13.2 Å². The van der Waals surface area contributed by atoms with Crippen molar-refractivity contribution in [3.05, 3.63) is 65.2 Å². The zero-order valence-corrected chi connectivity index (χ0v) is 16.4. The first kappa shape index (κ1) is 20.9. The van der Waals surface area contributed by atoms with Crippen LogP contribution in [0.15, 0.2) is 48.5 Å². The summed E-state index contributed by atoms with van der Waals surface area (Å²) in [6, 6.07) is 12.2. The maximum absolute atomic E-state index is 12.8. The minimum atomic E-state index is -4.40. The van der Waals surface area contributed by atoms with Crippen LogP contribution in [0, 0.1) is 0 Å². The zero-order chi connectivity index (χ0) is 20.7. The quantitative estimate of drug-likeness (QED) is 0.790. The Balaban J connectivity index is 1.70. The molecule has 2 aromatic rings. The molecule has 0 bridgehead atoms. The molecular weight excluding hydrogens is 368 g/mol. The number of hydrogen-bond acceptors (Lipinski definition) is 3. The summed E-state index contributed by atoms with van der Waals surface area (Å²) >= 11 is 0. The van der Waals surface area contributed by atoms with Crippen molar-refractivity contribution in [2.75, 3.05) is 0 Å². The molecule has 0 radical (unpaired) electrons. The molecule has 0 amide bonds. The van der Waals surface area contributed by atoms with Gasteiger partial charge >= 0.3 is 13.3 Å². The van der Waals surface area contributed by atoms with Crippen molar-refractivity contribution in [3.63, 3.8) is 0 Å². The van der Waals surface area contributed by atoms with Gasteiger partial charge in [0.25, 0.3) is 0 Å². The van der Waals surface area contributed by atoms with Crippen LogP contribution in [0.25, 0.3) is 0 Å². The van der Waals surface area contributed by atoms with E-state index in [9.17, 15) is 18.3 Å². The molecule has 150 valence electrons. The second-order valence-corrected chi connectivity index (χ2v) is 8.17. The van der Waals surface area contributed by atoms with E-state index < -0.39 is 36.2 Å². The lowest BCUT2D eigenvalue weighted by Gasteiger charge is -2.32. The first-order valence-corrected chi connectivity index (χ1v) is 9.19. The van der Waals surface area contributed by atoms with Crippen molar-refractivity contribution in [3.8, 4) is 0 Å². The third-order valence-electron chi connectivity index (χ3n) is 5.53. The van der Waals surface area contributed by atoms with Gasteiger partial charge in [0.1, 0.15) is 0 Å². The molecule has 0 spiro atoms. The Labute approximate surface area is 163 Å². The van der Waals surface area contributed by atoms with Crippen LogP contribution in [-0.4, -0.2) is 23.4 Å². The van der Waals surface area contributed by atoms with Gasteiger partial charge in [-0.25, -0.2) is 0 Å². The first-order chi connectivity index (χ1) is 12.9. The Bertz CT molecular complexity index is 816. The summed E-state index contributed by atoms with van der Waals surface area (Å²) in [5.41, 5.74) is 0.274. The Hall–Kier alpha value is -1.83. The molecule has 0 aromatic heterocycles. The van der Waals surface area contributed by atoms with Crippen LogP contribution in [0.1, 0.15) is 50.5 Å². The van der Waals surface area contributed by atoms with Gasteiger partial charge < -0.3 is 14.4 Å². The molecule has 1 aliphatic rings. The van der Waals surface area contributed by atoms with Crippen LogP contribution in [0.2, 0.25) is 0 Å². The summed E-state index contributed by atoms with van der Waals surface area (Å²) in [7, 11) is -0.500. The molecule has 0 saturated carbocycles. The molecule has 28 heavy (non-hydrogen) atoms. The molecule has 1 aliphatic heterocycles. The molecule has 3 rings (SSSR count). The number of rotatable bonds is 4. The summed E-state index contributed by atoms with van der Waals surface area (Å²) < 4.78 is 50.5. The second-order valence-electron chi connectivity index (χ2n) is 8.17. The molecule has 1 N–H and O–H groups in total. The Morgan fingerprint density at radius 3 is 2.07 bits per heavy atom. The zero-order valence-electron chi connectivity index (χ0n) is 16.4. The van der Waals surface area contributed by atoms with Crippen molar-refractivity contribution in [2.24, 2.45) is 0 Å². The fraction of sp³-hybridized carbons (Fsp3) is 0.429. The number of benzene rings is 2. The van der Waals surface area contributed by atoms with Gasteiger partial charge in [0.2, 0.25) is 0 Å². The Kier molecular flexibility index (Phi) is 5.38. The van der Waals surface area contributed by atoms with E-state index >= 15 is 0 Å². The van der Waals surface area contributed by atoms with Crippen molar-refractivity contribution in [2.45, 2.75) is 57.6 Å². The van der Waals surface area contributed by atoms with E-state index in [1.807, 2.05) is 39.8 Å². The maximum atomic E-state index is 12.8. The van der Waals surface area contributed by atoms with Crippen LogP contribution >= 0.6 is 0 Å². The number of halogens is 3. The number of aliphatic hydroxyl groups excluding tert-OH is 1. The predicted octanol–water partition coefficient (Wildman–Crippen LogP) is 4.28. The van der Waals surface area contributed by atoms with E-state index in [2.05, 4.69) is 0 Å². The normalized spacial score (nSPS) is 19.6. The average Bonchev–Trinajstić information content (AvgIpc) is 2.82. The van der Waals surface area contributed by atoms with Crippen molar-refractivity contribution in [1.82, 2.24) is 0 Å². The van der Waals surface area contributed by atoms with Gasteiger partial charge in [-0.3, -0.25) is 0 Å². The highest BCUT2D eigenvalue weighted by atomic mass is 19.4. The molecule has 0 aliphatic carbocycles. The Morgan fingerprint density at radius 2 is 1.54 bits per heavy atom. The van der Waals surface area contributed by atoms with Crippen LogP contribution in [-0.2, 0) is 21.9 Å². The van der Waals surface area contributed by atoms with Crippen molar-refractivity contribution >= 4 is 12.6 Å². The molecule has 1 fully saturated rings. The van der Waals surface area contributed by atoms with Gasteiger partial charge in [-0.05, 0) is 50.4 Å². The molecular formula is C21H24BF3O3. The Morgan fingerprint density at radius 1 is 0.964 bits per heavy atom. The van der Waals surface area contributed by atoms with E-state index in [1.54, 1.807) is 18.2 Å². The predicted molar refractivity (Wildman–Crippen MR) is 102 cm³/mol. The van der Waals surface area contributed by atoms with E-state index in [4.69, 9.17) is 9.31 Å². The number of aliphatic hydroxyl groups is 1. The lowest BCUT2D eigenvalue weighted by atomic mass is 9.78. The third kappa shape index (κ3) is 4.26. The van der Waals surface area contributed by atoms with Gasteiger partial charge in [0.05, 0.1) is 22.9 Å². The van der Waals surface area contributed by atoms with Crippen LogP contribution in [0.4, 0.5) is 13.2 Å². The largest absolute Gasteiger partial charge is 0.494 e.